The third-order valence-corrected chi connectivity index (χ3v) is 7.06. The predicted octanol–water partition coefficient (Wildman–Crippen LogP) is 4.48. The monoisotopic (exact) mass is 627 g/mol. The van der Waals surface area contributed by atoms with Crippen LogP contribution in [-0.4, -0.2) is 59.4 Å². The molecule has 0 heterocycles. The molecule has 0 aromatic heterocycles. The first kappa shape index (κ1) is 34.3. The highest BCUT2D eigenvalue weighted by molar-refractivity contribution is 7.47. The highest BCUT2D eigenvalue weighted by atomic mass is 31.2. The molecular weight excluding hydrogens is 593 g/mol. The van der Waals surface area contributed by atoms with E-state index in [2.05, 4.69) is 9.05 Å². The molecule has 0 amide bonds. The van der Waals surface area contributed by atoms with Crippen molar-refractivity contribution in [3.63, 3.8) is 0 Å². The van der Waals surface area contributed by atoms with E-state index in [0.717, 1.165) is 11.1 Å². The SMILES string of the molecule is N[C@@H](COP(=O)(O)OCCCCOC(=O)CC(=O)CC(=O)Cc1ccccc1Oc1ccc(-c2ccccc2)cc1)C(=O)O. The summed E-state index contributed by atoms with van der Waals surface area (Å²) in [5.41, 5.74) is 7.90. The fourth-order valence-corrected chi connectivity index (χ4v) is 4.63. The van der Waals surface area contributed by atoms with Crippen LogP contribution in [0.4, 0.5) is 0 Å². The predicted molar refractivity (Wildman–Crippen MR) is 159 cm³/mol. The average molecular weight is 628 g/mol. The number of Topliss-reactive ketones (excluding diaryl/α,β-unsaturated/α-hetero) is 2. The summed E-state index contributed by atoms with van der Waals surface area (Å²) in [7, 11) is -4.48. The minimum atomic E-state index is -4.48. The normalized spacial score (nSPS) is 13.0. The van der Waals surface area contributed by atoms with E-state index >= 15 is 0 Å². The van der Waals surface area contributed by atoms with Gasteiger partial charge in [-0.1, -0.05) is 60.7 Å². The van der Waals surface area contributed by atoms with Crippen molar-refractivity contribution in [3.8, 4) is 22.6 Å². The molecule has 3 aromatic rings. The number of phosphoric acid groups is 1. The van der Waals surface area contributed by atoms with Gasteiger partial charge in [0.05, 0.1) is 26.2 Å². The molecule has 0 aliphatic rings. The van der Waals surface area contributed by atoms with E-state index in [9.17, 15) is 28.6 Å². The van der Waals surface area contributed by atoms with Crippen LogP contribution < -0.4 is 10.5 Å². The number of ketones is 2. The number of hydrogen-bond donors (Lipinski definition) is 3. The maximum atomic E-state index is 12.6. The first-order valence-corrected chi connectivity index (χ1v) is 15.2. The second-order valence-electron chi connectivity index (χ2n) is 9.68. The lowest BCUT2D eigenvalue weighted by molar-refractivity contribution is -0.146. The summed E-state index contributed by atoms with van der Waals surface area (Å²) in [4.78, 5) is 57.0. The summed E-state index contributed by atoms with van der Waals surface area (Å²) >= 11 is 0. The van der Waals surface area contributed by atoms with Crippen molar-refractivity contribution >= 4 is 31.3 Å². The Morgan fingerprint density at radius 3 is 2.11 bits per heavy atom. The van der Waals surface area contributed by atoms with E-state index in [1.54, 1.807) is 24.3 Å². The zero-order valence-corrected chi connectivity index (χ0v) is 24.7. The molecule has 0 saturated carbocycles. The highest BCUT2D eigenvalue weighted by Gasteiger charge is 2.24. The Morgan fingerprint density at radius 1 is 0.773 bits per heavy atom. The van der Waals surface area contributed by atoms with Gasteiger partial charge in [-0.05, 0) is 42.2 Å². The molecule has 2 atom stereocenters. The molecule has 0 fully saturated rings. The molecule has 0 saturated heterocycles. The van der Waals surface area contributed by atoms with Crippen LogP contribution in [0.3, 0.4) is 0 Å². The molecule has 0 bridgehead atoms. The van der Waals surface area contributed by atoms with E-state index in [-0.39, 0.29) is 38.3 Å². The number of hydrogen-bond acceptors (Lipinski definition) is 10. The number of carbonyl (C=O) groups is 4. The quantitative estimate of drug-likeness (QED) is 0.0733. The number of unbranched alkanes of at least 4 members (excludes halogenated alkanes) is 1. The van der Waals surface area contributed by atoms with Crippen molar-refractivity contribution < 1.29 is 52.3 Å². The largest absolute Gasteiger partial charge is 0.480 e. The van der Waals surface area contributed by atoms with Crippen LogP contribution in [0.2, 0.25) is 0 Å². The van der Waals surface area contributed by atoms with E-state index in [1.165, 1.54) is 0 Å². The standard InChI is InChI=1S/C31H34NO11P/c32-28(31(36)37)21-42-44(38,39)41-17-7-6-16-40-30(35)20-26(34)19-25(33)18-24-10-4-5-11-29(24)43-27-14-12-23(13-15-27)22-8-2-1-3-9-22/h1-5,8-15,28H,6-7,16-21,32H2,(H,36,37)(H,38,39)/t28-/m0/s1. The molecule has 3 aromatic carbocycles. The van der Waals surface area contributed by atoms with Crippen LogP contribution in [0.5, 0.6) is 11.5 Å². The molecule has 0 aliphatic heterocycles. The first-order valence-electron chi connectivity index (χ1n) is 13.7. The number of rotatable bonds is 19. The maximum absolute atomic E-state index is 12.6. The number of carboxylic acids is 1. The van der Waals surface area contributed by atoms with Crippen molar-refractivity contribution in [2.24, 2.45) is 5.73 Å². The topological polar surface area (TPSA) is 189 Å². The van der Waals surface area contributed by atoms with Crippen molar-refractivity contribution in [1.29, 1.82) is 0 Å². The van der Waals surface area contributed by atoms with Gasteiger partial charge in [-0.3, -0.25) is 28.2 Å². The number of esters is 1. The summed E-state index contributed by atoms with van der Waals surface area (Å²) in [5, 5.41) is 8.64. The third-order valence-electron chi connectivity index (χ3n) is 6.08. The van der Waals surface area contributed by atoms with Gasteiger partial charge in [0.1, 0.15) is 29.7 Å². The van der Waals surface area contributed by atoms with Crippen molar-refractivity contribution in [1.82, 2.24) is 0 Å². The Labute approximate surface area is 254 Å². The number of carboxylic acid groups (broad SMARTS) is 1. The Hall–Kier alpha value is -4.19. The smallest absolute Gasteiger partial charge is 0.472 e. The fourth-order valence-electron chi connectivity index (χ4n) is 3.84. The Bertz CT molecular complexity index is 1460. The van der Waals surface area contributed by atoms with Crippen LogP contribution in [0.1, 0.15) is 31.2 Å². The van der Waals surface area contributed by atoms with Gasteiger partial charge in [0, 0.05) is 12.0 Å². The van der Waals surface area contributed by atoms with E-state index in [0.29, 0.717) is 17.1 Å². The van der Waals surface area contributed by atoms with Crippen LogP contribution in [-0.2, 0) is 43.9 Å². The molecule has 0 aliphatic carbocycles. The first-order chi connectivity index (χ1) is 21.0. The minimum absolute atomic E-state index is 0.0558. The highest BCUT2D eigenvalue weighted by Crippen LogP contribution is 2.43. The maximum Gasteiger partial charge on any atom is 0.472 e. The lowest BCUT2D eigenvalue weighted by Gasteiger charge is -2.13. The molecule has 1 unspecified atom stereocenters. The molecule has 4 N–H and O–H groups in total. The van der Waals surface area contributed by atoms with Gasteiger partial charge in [-0.2, -0.15) is 0 Å². The molecule has 234 valence electrons. The summed E-state index contributed by atoms with van der Waals surface area (Å²) in [6, 6.07) is 23.0. The number of benzene rings is 3. The van der Waals surface area contributed by atoms with Gasteiger partial charge < -0.3 is 25.2 Å². The molecule has 44 heavy (non-hydrogen) atoms. The number of ether oxygens (including phenoxy) is 2. The number of aliphatic carboxylic acids is 1. The Kier molecular flexibility index (Phi) is 13.4. The number of phosphoric ester groups is 1. The summed E-state index contributed by atoms with van der Waals surface area (Å²) in [6.07, 6.45) is -0.617. The second kappa shape index (κ2) is 17.2. The Morgan fingerprint density at radius 2 is 1.41 bits per heavy atom. The van der Waals surface area contributed by atoms with Gasteiger partial charge in [-0.15, -0.1) is 0 Å². The van der Waals surface area contributed by atoms with Crippen LogP contribution >= 0.6 is 7.82 Å². The van der Waals surface area contributed by atoms with Crippen molar-refractivity contribution in [2.45, 2.75) is 38.1 Å². The van der Waals surface area contributed by atoms with E-state index < -0.39 is 51.0 Å². The lowest BCUT2D eigenvalue weighted by atomic mass is 10.0. The van der Waals surface area contributed by atoms with Gasteiger partial charge >= 0.3 is 19.8 Å². The number of para-hydroxylation sites is 1. The lowest BCUT2D eigenvalue weighted by Crippen LogP contribution is -2.34. The van der Waals surface area contributed by atoms with Crippen molar-refractivity contribution in [3.05, 3.63) is 84.4 Å². The fraction of sp³-hybridized carbons (Fsp3) is 0.290. The van der Waals surface area contributed by atoms with Gasteiger partial charge in [-0.25, -0.2) is 4.57 Å². The van der Waals surface area contributed by atoms with Gasteiger partial charge in [0.25, 0.3) is 0 Å². The summed E-state index contributed by atoms with van der Waals surface area (Å²) in [5.74, 6) is -2.09. The van der Waals surface area contributed by atoms with Crippen LogP contribution in [0.15, 0.2) is 78.9 Å². The molecular formula is C31H34NO11P. The molecule has 3 rings (SSSR count). The third kappa shape index (κ3) is 12.2. The Balaban J connectivity index is 1.36. The van der Waals surface area contributed by atoms with E-state index in [4.69, 9.17) is 20.3 Å². The van der Waals surface area contributed by atoms with Gasteiger partial charge in [0.15, 0.2) is 5.78 Å². The van der Waals surface area contributed by atoms with Crippen molar-refractivity contribution in [2.75, 3.05) is 19.8 Å². The summed E-state index contributed by atoms with van der Waals surface area (Å²) in [6.45, 7) is -1.02. The van der Waals surface area contributed by atoms with E-state index in [1.807, 2.05) is 54.6 Å². The average Bonchev–Trinajstić information content (AvgIpc) is 2.99. The summed E-state index contributed by atoms with van der Waals surface area (Å²) < 4.78 is 31.8. The zero-order chi connectivity index (χ0) is 32.0. The molecule has 0 spiro atoms. The second-order valence-corrected chi connectivity index (χ2v) is 11.1. The molecule has 12 nitrogen and oxygen atoms in total. The van der Waals surface area contributed by atoms with Crippen LogP contribution in [0.25, 0.3) is 11.1 Å². The number of nitrogens with two attached hydrogens (primary N) is 1. The minimum Gasteiger partial charge on any atom is -0.480 e. The number of carbonyl (C=O) groups excluding carboxylic acids is 3. The van der Waals surface area contributed by atoms with Crippen LogP contribution in [0, 0.1) is 0 Å². The molecule has 0 radical (unpaired) electrons. The van der Waals surface area contributed by atoms with Gasteiger partial charge in [0.2, 0.25) is 0 Å². The molecule has 13 heteroatoms. The zero-order valence-electron chi connectivity index (χ0n) is 23.8.